The van der Waals surface area contributed by atoms with Crippen LogP contribution < -0.4 is 16.6 Å². The van der Waals surface area contributed by atoms with Crippen LogP contribution in [-0.2, 0) is 6.18 Å². The topological polar surface area (TPSA) is 63.0 Å². The second-order valence-corrected chi connectivity index (χ2v) is 5.16. The summed E-state index contributed by atoms with van der Waals surface area (Å²) in [4.78, 5) is 4.00. The summed E-state index contributed by atoms with van der Waals surface area (Å²) in [6.07, 6.45) is 0.980. The molecule has 7 heteroatoms. The molecule has 0 bridgehead atoms. The molecule has 21 heavy (non-hydrogen) atoms. The highest BCUT2D eigenvalue weighted by molar-refractivity contribution is 5.49. The van der Waals surface area contributed by atoms with Crippen LogP contribution in [0.1, 0.15) is 51.5 Å². The summed E-state index contributed by atoms with van der Waals surface area (Å²) < 4.78 is 38.4. The Kier molecular flexibility index (Phi) is 6.74. The number of halogens is 3. The van der Waals surface area contributed by atoms with Crippen molar-refractivity contribution in [2.75, 3.05) is 10.7 Å². The predicted molar refractivity (Wildman–Crippen MR) is 78.9 cm³/mol. The molecule has 0 amide bonds. The molecule has 1 heterocycles. The van der Waals surface area contributed by atoms with Gasteiger partial charge in [-0.25, -0.2) is 10.8 Å². The highest BCUT2D eigenvalue weighted by Gasteiger charge is 2.31. The highest BCUT2D eigenvalue weighted by Crippen LogP contribution is 2.32. The molecule has 0 aliphatic carbocycles. The summed E-state index contributed by atoms with van der Waals surface area (Å²) in [5.41, 5.74) is 1.39. The summed E-state index contributed by atoms with van der Waals surface area (Å²) in [6.45, 7) is 4.07. The second kappa shape index (κ2) is 8.07. The van der Waals surface area contributed by atoms with E-state index in [0.717, 1.165) is 37.8 Å². The van der Waals surface area contributed by atoms with Crippen molar-refractivity contribution in [3.05, 3.63) is 17.7 Å². The fraction of sp³-hybridized carbons (Fsp3) is 0.643. The zero-order chi connectivity index (χ0) is 15.9. The Morgan fingerprint density at radius 1 is 1.19 bits per heavy atom. The van der Waals surface area contributed by atoms with Gasteiger partial charge in [-0.1, -0.05) is 32.6 Å². The zero-order valence-corrected chi connectivity index (χ0v) is 12.4. The SMILES string of the molecule is CCCCCCC(C)Nc1cc(C(F)(F)F)cc(NN)n1. The summed E-state index contributed by atoms with van der Waals surface area (Å²) >= 11 is 0. The van der Waals surface area contributed by atoms with Gasteiger partial charge >= 0.3 is 6.18 Å². The molecule has 4 N–H and O–H groups in total. The van der Waals surface area contributed by atoms with Gasteiger partial charge < -0.3 is 10.7 Å². The maximum atomic E-state index is 12.8. The van der Waals surface area contributed by atoms with E-state index in [-0.39, 0.29) is 17.7 Å². The average molecular weight is 304 g/mol. The molecule has 1 unspecified atom stereocenters. The maximum Gasteiger partial charge on any atom is 0.416 e. The van der Waals surface area contributed by atoms with Crippen molar-refractivity contribution in [3.63, 3.8) is 0 Å². The van der Waals surface area contributed by atoms with Crippen LogP contribution in [0.5, 0.6) is 0 Å². The number of aromatic nitrogens is 1. The number of hydrogen-bond donors (Lipinski definition) is 3. The van der Waals surface area contributed by atoms with E-state index < -0.39 is 11.7 Å². The van der Waals surface area contributed by atoms with Gasteiger partial charge in [-0.2, -0.15) is 13.2 Å². The lowest BCUT2D eigenvalue weighted by Crippen LogP contribution is -2.18. The third-order valence-electron chi connectivity index (χ3n) is 3.19. The van der Waals surface area contributed by atoms with Gasteiger partial charge in [0, 0.05) is 6.04 Å². The number of nitrogens with one attached hydrogen (secondary N) is 2. The second-order valence-electron chi connectivity index (χ2n) is 5.16. The van der Waals surface area contributed by atoms with Crippen molar-refractivity contribution in [2.45, 2.75) is 58.2 Å². The monoisotopic (exact) mass is 304 g/mol. The van der Waals surface area contributed by atoms with E-state index in [4.69, 9.17) is 5.84 Å². The molecule has 1 aromatic heterocycles. The molecule has 0 aliphatic rings. The molecule has 120 valence electrons. The Labute approximate surface area is 123 Å². The number of hydrogen-bond acceptors (Lipinski definition) is 4. The average Bonchev–Trinajstić information content (AvgIpc) is 2.42. The van der Waals surface area contributed by atoms with Gasteiger partial charge in [0.25, 0.3) is 0 Å². The number of unbranched alkanes of at least 4 members (excludes halogenated alkanes) is 3. The lowest BCUT2D eigenvalue weighted by Gasteiger charge is -2.17. The molecule has 0 aromatic carbocycles. The quantitative estimate of drug-likeness (QED) is 0.383. The van der Waals surface area contributed by atoms with Gasteiger partial charge in [0.2, 0.25) is 0 Å². The summed E-state index contributed by atoms with van der Waals surface area (Å²) in [5, 5.41) is 3.00. The van der Waals surface area contributed by atoms with Crippen molar-refractivity contribution >= 4 is 11.6 Å². The minimum absolute atomic E-state index is 0.00879. The van der Waals surface area contributed by atoms with E-state index in [0.29, 0.717) is 0 Å². The van der Waals surface area contributed by atoms with E-state index in [9.17, 15) is 13.2 Å². The molecule has 4 nitrogen and oxygen atoms in total. The Morgan fingerprint density at radius 2 is 1.86 bits per heavy atom. The molecule has 0 aliphatic heterocycles. The van der Waals surface area contributed by atoms with Crippen molar-refractivity contribution in [2.24, 2.45) is 5.84 Å². The number of pyridine rings is 1. The van der Waals surface area contributed by atoms with Crippen LogP contribution in [-0.4, -0.2) is 11.0 Å². The van der Waals surface area contributed by atoms with Crippen LogP contribution in [0.15, 0.2) is 12.1 Å². The van der Waals surface area contributed by atoms with Crippen LogP contribution in [0, 0.1) is 0 Å². The molecule has 1 aromatic rings. The zero-order valence-electron chi connectivity index (χ0n) is 12.4. The van der Waals surface area contributed by atoms with E-state index in [1.54, 1.807) is 0 Å². The number of anilines is 2. The van der Waals surface area contributed by atoms with Crippen molar-refractivity contribution in [1.29, 1.82) is 0 Å². The van der Waals surface area contributed by atoms with Crippen molar-refractivity contribution < 1.29 is 13.2 Å². The minimum Gasteiger partial charge on any atom is -0.368 e. The molecule has 0 spiro atoms. The number of nitrogens with zero attached hydrogens (tertiary/aromatic N) is 1. The molecule has 1 atom stereocenters. The number of nitrogen functional groups attached to an aromatic ring is 1. The van der Waals surface area contributed by atoms with Crippen molar-refractivity contribution in [3.8, 4) is 0 Å². The maximum absolute atomic E-state index is 12.8. The fourth-order valence-electron chi connectivity index (χ4n) is 2.04. The van der Waals surface area contributed by atoms with E-state index in [1.807, 2.05) is 6.92 Å². The number of rotatable bonds is 8. The molecule has 0 saturated carbocycles. The van der Waals surface area contributed by atoms with Gasteiger partial charge in [0.15, 0.2) is 0 Å². The first-order valence-electron chi connectivity index (χ1n) is 7.19. The third kappa shape index (κ3) is 6.20. The first-order chi connectivity index (χ1) is 9.86. The minimum atomic E-state index is -4.42. The molecule has 0 fully saturated rings. The fourth-order valence-corrected chi connectivity index (χ4v) is 2.04. The van der Waals surface area contributed by atoms with E-state index in [2.05, 4.69) is 22.7 Å². The highest BCUT2D eigenvalue weighted by atomic mass is 19.4. The summed E-state index contributed by atoms with van der Waals surface area (Å²) in [5.74, 6) is 5.34. The first kappa shape index (κ1) is 17.6. The molecule has 0 saturated heterocycles. The standard InChI is InChI=1S/C14H23F3N4/c1-3-4-5-6-7-10(2)19-12-8-11(14(15,16)17)9-13(20-12)21-18/h8-10H,3-7,18H2,1-2H3,(H2,19,20,21). The van der Waals surface area contributed by atoms with Gasteiger partial charge in [-0.05, 0) is 25.5 Å². The summed E-state index contributed by atoms with van der Waals surface area (Å²) in [7, 11) is 0. The molecule has 1 rings (SSSR count). The Morgan fingerprint density at radius 3 is 2.43 bits per heavy atom. The Bertz CT molecular complexity index is 435. The van der Waals surface area contributed by atoms with Gasteiger partial charge in [-0.15, -0.1) is 0 Å². The van der Waals surface area contributed by atoms with E-state index in [1.165, 1.54) is 6.42 Å². The van der Waals surface area contributed by atoms with Crippen molar-refractivity contribution in [1.82, 2.24) is 4.98 Å². The Balaban J connectivity index is 2.69. The van der Waals surface area contributed by atoms with Crippen LogP contribution in [0.3, 0.4) is 0 Å². The lowest BCUT2D eigenvalue weighted by atomic mass is 10.1. The number of alkyl halides is 3. The van der Waals surface area contributed by atoms with Gasteiger partial charge in [-0.3, -0.25) is 0 Å². The normalized spacial score (nSPS) is 13.0. The molecule has 0 radical (unpaired) electrons. The number of hydrazine groups is 1. The van der Waals surface area contributed by atoms with Crippen LogP contribution in [0.25, 0.3) is 0 Å². The largest absolute Gasteiger partial charge is 0.416 e. The van der Waals surface area contributed by atoms with Crippen LogP contribution in [0.4, 0.5) is 24.8 Å². The summed E-state index contributed by atoms with van der Waals surface area (Å²) in [6, 6.07) is 1.95. The smallest absolute Gasteiger partial charge is 0.368 e. The van der Waals surface area contributed by atoms with Gasteiger partial charge in [0.1, 0.15) is 11.6 Å². The lowest BCUT2D eigenvalue weighted by molar-refractivity contribution is -0.137. The first-order valence-corrected chi connectivity index (χ1v) is 7.19. The van der Waals surface area contributed by atoms with Crippen LogP contribution >= 0.6 is 0 Å². The van der Waals surface area contributed by atoms with Crippen LogP contribution in [0.2, 0.25) is 0 Å². The molecular weight excluding hydrogens is 281 g/mol. The van der Waals surface area contributed by atoms with E-state index >= 15 is 0 Å². The molecular formula is C14H23F3N4. The number of nitrogens with two attached hydrogens (primary N) is 1. The predicted octanol–water partition coefficient (Wildman–Crippen LogP) is 4.16. The Hall–Kier alpha value is -1.50. The van der Waals surface area contributed by atoms with Gasteiger partial charge in [0.05, 0.1) is 5.56 Å². The third-order valence-corrected chi connectivity index (χ3v) is 3.19.